The molecule has 0 radical (unpaired) electrons. The molecule has 2 unspecified atom stereocenters. The molecule has 0 bridgehead atoms. The SMILES string of the molecule is O=[N+]([O-])c1ccccc1CNC1CCCCC1CO. The normalized spacial score (nSPS) is 23.2. The first-order chi connectivity index (χ1) is 9.22. The number of nitrogens with zero attached hydrogens (tertiary/aromatic N) is 1. The van der Waals surface area contributed by atoms with E-state index >= 15 is 0 Å². The van der Waals surface area contributed by atoms with Crippen LogP contribution in [0, 0.1) is 16.0 Å². The fraction of sp³-hybridized carbons (Fsp3) is 0.571. The maximum atomic E-state index is 10.9. The third-order valence-electron chi connectivity index (χ3n) is 3.89. The Kier molecular flexibility index (Phi) is 4.87. The second-order valence-corrected chi connectivity index (χ2v) is 5.10. The summed E-state index contributed by atoms with van der Waals surface area (Å²) in [7, 11) is 0. The Morgan fingerprint density at radius 3 is 2.79 bits per heavy atom. The van der Waals surface area contributed by atoms with Gasteiger partial charge in [-0.05, 0) is 18.8 Å². The minimum absolute atomic E-state index is 0.159. The van der Waals surface area contributed by atoms with E-state index in [-0.39, 0.29) is 29.2 Å². The van der Waals surface area contributed by atoms with Crippen LogP contribution in [0.15, 0.2) is 24.3 Å². The number of benzene rings is 1. The summed E-state index contributed by atoms with van der Waals surface area (Å²) in [6.07, 6.45) is 4.39. The Bertz CT molecular complexity index is 436. The molecule has 1 aromatic rings. The van der Waals surface area contributed by atoms with Gasteiger partial charge in [-0.2, -0.15) is 0 Å². The van der Waals surface area contributed by atoms with E-state index < -0.39 is 0 Å². The first kappa shape index (κ1) is 14.0. The molecule has 1 aliphatic rings. The zero-order chi connectivity index (χ0) is 13.7. The number of nitro groups is 1. The zero-order valence-electron chi connectivity index (χ0n) is 10.9. The van der Waals surface area contributed by atoms with Gasteiger partial charge in [-0.1, -0.05) is 31.0 Å². The van der Waals surface area contributed by atoms with Gasteiger partial charge in [-0.15, -0.1) is 0 Å². The lowest BCUT2D eigenvalue weighted by Gasteiger charge is -2.31. The predicted octanol–water partition coefficient (Wildman–Crippen LogP) is 2.24. The topological polar surface area (TPSA) is 75.4 Å². The number of rotatable bonds is 5. The molecule has 104 valence electrons. The van der Waals surface area contributed by atoms with Crippen LogP contribution in [-0.4, -0.2) is 22.7 Å². The average molecular weight is 264 g/mol. The van der Waals surface area contributed by atoms with Crippen molar-refractivity contribution in [2.75, 3.05) is 6.61 Å². The molecule has 0 aromatic heterocycles. The van der Waals surface area contributed by atoms with Crippen molar-refractivity contribution in [3.63, 3.8) is 0 Å². The summed E-state index contributed by atoms with van der Waals surface area (Å²) in [6.45, 7) is 0.673. The van der Waals surface area contributed by atoms with E-state index in [1.807, 2.05) is 6.07 Å². The van der Waals surface area contributed by atoms with Gasteiger partial charge in [0.05, 0.1) is 4.92 Å². The van der Waals surface area contributed by atoms with Crippen molar-refractivity contribution in [1.82, 2.24) is 5.32 Å². The fourth-order valence-electron chi connectivity index (χ4n) is 2.77. The van der Waals surface area contributed by atoms with Crippen LogP contribution >= 0.6 is 0 Å². The number of nitro benzene ring substituents is 1. The smallest absolute Gasteiger partial charge is 0.273 e. The lowest BCUT2D eigenvalue weighted by Crippen LogP contribution is -2.39. The Morgan fingerprint density at radius 2 is 2.05 bits per heavy atom. The molecule has 2 atom stereocenters. The predicted molar refractivity (Wildman–Crippen MR) is 72.8 cm³/mol. The van der Waals surface area contributed by atoms with Gasteiger partial charge in [-0.25, -0.2) is 0 Å². The van der Waals surface area contributed by atoms with Crippen LogP contribution < -0.4 is 5.32 Å². The van der Waals surface area contributed by atoms with Crippen LogP contribution in [0.5, 0.6) is 0 Å². The monoisotopic (exact) mass is 264 g/mol. The van der Waals surface area contributed by atoms with Gasteiger partial charge in [0.15, 0.2) is 0 Å². The van der Waals surface area contributed by atoms with Crippen molar-refractivity contribution in [2.24, 2.45) is 5.92 Å². The van der Waals surface area contributed by atoms with E-state index in [1.165, 1.54) is 6.07 Å². The minimum atomic E-state index is -0.346. The number of aliphatic hydroxyl groups is 1. The van der Waals surface area contributed by atoms with Gasteiger partial charge in [-0.3, -0.25) is 10.1 Å². The molecule has 2 rings (SSSR count). The van der Waals surface area contributed by atoms with E-state index in [1.54, 1.807) is 12.1 Å². The highest BCUT2D eigenvalue weighted by molar-refractivity contribution is 5.39. The molecule has 0 aliphatic heterocycles. The molecule has 0 heterocycles. The second-order valence-electron chi connectivity index (χ2n) is 5.10. The largest absolute Gasteiger partial charge is 0.396 e. The second kappa shape index (κ2) is 6.63. The highest BCUT2D eigenvalue weighted by atomic mass is 16.6. The lowest BCUT2D eigenvalue weighted by atomic mass is 9.85. The number of aliphatic hydroxyl groups excluding tert-OH is 1. The van der Waals surface area contributed by atoms with Crippen LogP contribution in [-0.2, 0) is 6.54 Å². The summed E-state index contributed by atoms with van der Waals surface area (Å²) < 4.78 is 0. The maximum absolute atomic E-state index is 10.9. The summed E-state index contributed by atoms with van der Waals surface area (Å²) in [5.41, 5.74) is 0.862. The third kappa shape index (κ3) is 3.52. The molecule has 0 spiro atoms. The molecule has 5 nitrogen and oxygen atoms in total. The number of para-hydroxylation sites is 1. The maximum Gasteiger partial charge on any atom is 0.273 e. The molecule has 19 heavy (non-hydrogen) atoms. The third-order valence-corrected chi connectivity index (χ3v) is 3.89. The Morgan fingerprint density at radius 1 is 1.32 bits per heavy atom. The van der Waals surface area contributed by atoms with E-state index in [0.29, 0.717) is 12.1 Å². The first-order valence-electron chi connectivity index (χ1n) is 6.79. The Hall–Kier alpha value is -1.46. The Labute approximate surface area is 112 Å². The van der Waals surface area contributed by atoms with Gasteiger partial charge in [0.25, 0.3) is 5.69 Å². The summed E-state index contributed by atoms with van der Waals surface area (Å²) in [4.78, 5) is 10.6. The van der Waals surface area contributed by atoms with Crippen molar-refractivity contribution in [1.29, 1.82) is 0 Å². The van der Waals surface area contributed by atoms with Crippen LogP contribution in [0.4, 0.5) is 5.69 Å². The van der Waals surface area contributed by atoms with Crippen LogP contribution in [0.2, 0.25) is 0 Å². The molecule has 0 saturated heterocycles. The molecule has 0 amide bonds. The molecule has 1 aromatic carbocycles. The van der Waals surface area contributed by atoms with Crippen molar-refractivity contribution in [3.05, 3.63) is 39.9 Å². The zero-order valence-corrected chi connectivity index (χ0v) is 10.9. The summed E-state index contributed by atoms with van der Waals surface area (Å²) in [5.74, 6) is 0.275. The summed E-state index contributed by atoms with van der Waals surface area (Å²) >= 11 is 0. The van der Waals surface area contributed by atoms with Gasteiger partial charge in [0.1, 0.15) is 0 Å². The molecular formula is C14H20N2O3. The summed E-state index contributed by atoms with van der Waals surface area (Å²) in [6, 6.07) is 7.06. The number of nitrogens with one attached hydrogen (secondary N) is 1. The van der Waals surface area contributed by atoms with Gasteiger partial charge in [0, 0.05) is 30.8 Å². The molecule has 1 saturated carbocycles. The lowest BCUT2D eigenvalue weighted by molar-refractivity contribution is -0.385. The molecule has 2 N–H and O–H groups in total. The quantitative estimate of drug-likeness (QED) is 0.631. The highest BCUT2D eigenvalue weighted by Crippen LogP contribution is 2.25. The van der Waals surface area contributed by atoms with E-state index in [4.69, 9.17) is 0 Å². The first-order valence-corrected chi connectivity index (χ1v) is 6.79. The van der Waals surface area contributed by atoms with E-state index in [0.717, 1.165) is 25.7 Å². The molecule has 5 heteroatoms. The average Bonchev–Trinajstić information content (AvgIpc) is 2.45. The van der Waals surface area contributed by atoms with Crippen molar-refractivity contribution >= 4 is 5.69 Å². The van der Waals surface area contributed by atoms with Gasteiger partial charge < -0.3 is 10.4 Å². The summed E-state index contributed by atoms with van der Waals surface area (Å²) in [5, 5.41) is 23.7. The fourth-order valence-corrected chi connectivity index (χ4v) is 2.77. The number of hydrogen-bond acceptors (Lipinski definition) is 4. The van der Waals surface area contributed by atoms with E-state index in [2.05, 4.69) is 5.32 Å². The molecule has 1 fully saturated rings. The van der Waals surface area contributed by atoms with Crippen LogP contribution in [0.3, 0.4) is 0 Å². The standard InChI is InChI=1S/C14H20N2O3/c17-10-12-6-1-3-7-13(12)15-9-11-5-2-4-8-14(11)16(18)19/h2,4-5,8,12-13,15,17H,1,3,6-7,9-10H2. The van der Waals surface area contributed by atoms with Crippen molar-refractivity contribution in [3.8, 4) is 0 Å². The van der Waals surface area contributed by atoms with Gasteiger partial charge in [0.2, 0.25) is 0 Å². The van der Waals surface area contributed by atoms with Crippen LogP contribution in [0.25, 0.3) is 0 Å². The molecule has 1 aliphatic carbocycles. The van der Waals surface area contributed by atoms with Crippen molar-refractivity contribution in [2.45, 2.75) is 38.3 Å². The molecular weight excluding hydrogens is 244 g/mol. The van der Waals surface area contributed by atoms with Crippen LogP contribution in [0.1, 0.15) is 31.2 Å². The van der Waals surface area contributed by atoms with E-state index in [9.17, 15) is 15.2 Å². The number of hydrogen-bond donors (Lipinski definition) is 2. The van der Waals surface area contributed by atoms with Crippen molar-refractivity contribution < 1.29 is 10.0 Å². The minimum Gasteiger partial charge on any atom is -0.396 e. The highest BCUT2D eigenvalue weighted by Gasteiger charge is 2.24. The van der Waals surface area contributed by atoms with Gasteiger partial charge >= 0.3 is 0 Å². The Balaban J connectivity index is 2.00.